The van der Waals surface area contributed by atoms with Gasteiger partial charge in [0, 0.05) is 11.1 Å². The van der Waals surface area contributed by atoms with Gasteiger partial charge < -0.3 is 5.73 Å². The van der Waals surface area contributed by atoms with Crippen molar-refractivity contribution in [1.29, 1.82) is 0 Å². The SMILES string of the molecule is CC(C)=CC(N)c1ccccc1Cl. The lowest BCUT2D eigenvalue weighted by Gasteiger charge is -2.09. The number of hydrogen-bond acceptors (Lipinski definition) is 1. The fourth-order valence-electron chi connectivity index (χ4n) is 1.19. The van der Waals surface area contributed by atoms with Crippen molar-refractivity contribution < 1.29 is 0 Å². The number of hydrogen-bond donors (Lipinski definition) is 1. The number of benzene rings is 1. The van der Waals surface area contributed by atoms with Crippen LogP contribution in [0.1, 0.15) is 25.5 Å². The van der Waals surface area contributed by atoms with Crippen LogP contribution in [0.4, 0.5) is 0 Å². The largest absolute Gasteiger partial charge is 0.321 e. The maximum atomic E-state index is 5.99. The van der Waals surface area contributed by atoms with E-state index < -0.39 is 0 Å². The van der Waals surface area contributed by atoms with Crippen LogP contribution in [0, 0.1) is 0 Å². The van der Waals surface area contributed by atoms with Gasteiger partial charge >= 0.3 is 0 Å². The molecule has 1 rings (SSSR count). The van der Waals surface area contributed by atoms with Crippen molar-refractivity contribution in [3.8, 4) is 0 Å². The summed E-state index contributed by atoms with van der Waals surface area (Å²) in [5, 5.41) is 0.729. The van der Waals surface area contributed by atoms with E-state index in [1.807, 2.05) is 44.2 Å². The van der Waals surface area contributed by atoms with E-state index in [4.69, 9.17) is 17.3 Å². The molecule has 1 atom stereocenters. The Morgan fingerprint density at radius 3 is 2.54 bits per heavy atom. The fraction of sp³-hybridized carbons (Fsp3) is 0.273. The van der Waals surface area contributed by atoms with Crippen molar-refractivity contribution in [2.24, 2.45) is 5.73 Å². The summed E-state index contributed by atoms with van der Waals surface area (Å²) in [6.45, 7) is 4.05. The third-order valence-corrected chi connectivity index (χ3v) is 2.12. The Balaban J connectivity index is 2.95. The second-order valence-corrected chi connectivity index (χ2v) is 3.70. The Morgan fingerprint density at radius 2 is 2.00 bits per heavy atom. The molecule has 0 saturated heterocycles. The zero-order chi connectivity index (χ0) is 9.84. The minimum absolute atomic E-state index is 0.0984. The molecule has 1 aromatic rings. The molecule has 1 unspecified atom stereocenters. The van der Waals surface area contributed by atoms with Gasteiger partial charge in [-0.3, -0.25) is 0 Å². The van der Waals surface area contributed by atoms with Gasteiger partial charge in [-0.05, 0) is 25.5 Å². The van der Waals surface area contributed by atoms with E-state index >= 15 is 0 Å². The lowest BCUT2D eigenvalue weighted by molar-refractivity contribution is 0.899. The molecule has 2 heteroatoms. The molecule has 0 saturated carbocycles. The average Bonchev–Trinajstić information content (AvgIpc) is 2.03. The Bertz CT molecular complexity index is 314. The molecule has 70 valence electrons. The molecular formula is C11H14ClN. The Kier molecular flexibility index (Phi) is 3.52. The average molecular weight is 196 g/mol. The highest BCUT2D eigenvalue weighted by Gasteiger charge is 2.05. The van der Waals surface area contributed by atoms with Gasteiger partial charge in [0.2, 0.25) is 0 Å². The maximum absolute atomic E-state index is 5.99. The van der Waals surface area contributed by atoms with E-state index in [0.717, 1.165) is 10.6 Å². The van der Waals surface area contributed by atoms with Crippen LogP contribution in [-0.2, 0) is 0 Å². The standard InChI is InChI=1S/C11H14ClN/c1-8(2)7-11(13)9-5-3-4-6-10(9)12/h3-7,11H,13H2,1-2H3. The van der Waals surface area contributed by atoms with Crippen LogP contribution >= 0.6 is 11.6 Å². The first-order valence-electron chi connectivity index (χ1n) is 4.26. The van der Waals surface area contributed by atoms with Gasteiger partial charge in [-0.2, -0.15) is 0 Å². The first-order valence-corrected chi connectivity index (χ1v) is 4.64. The van der Waals surface area contributed by atoms with Gasteiger partial charge in [0.25, 0.3) is 0 Å². The first kappa shape index (κ1) is 10.3. The molecule has 1 nitrogen and oxygen atoms in total. The lowest BCUT2D eigenvalue weighted by Crippen LogP contribution is -2.07. The molecule has 0 spiro atoms. The summed E-state index contributed by atoms with van der Waals surface area (Å²) >= 11 is 5.99. The molecule has 13 heavy (non-hydrogen) atoms. The van der Waals surface area contributed by atoms with Crippen LogP contribution in [0.3, 0.4) is 0 Å². The normalized spacial score (nSPS) is 12.3. The van der Waals surface area contributed by atoms with E-state index in [0.29, 0.717) is 0 Å². The van der Waals surface area contributed by atoms with E-state index in [1.54, 1.807) is 0 Å². The Morgan fingerprint density at radius 1 is 1.38 bits per heavy atom. The van der Waals surface area contributed by atoms with Crippen molar-refractivity contribution in [3.63, 3.8) is 0 Å². The summed E-state index contributed by atoms with van der Waals surface area (Å²) in [4.78, 5) is 0. The van der Waals surface area contributed by atoms with Crippen molar-refractivity contribution in [3.05, 3.63) is 46.5 Å². The van der Waals surface area contributed by atoms with Crippen LogP contribution in [0.15, 0.2) is 35.9 Å². The molecule has 0 aliphatic heterocycles. The summed E-state index contributed by atoms with van der Waals surface area (Å²) in [6, 6.07) is 7.56. The van der Waals surface area contributed by atoms with Crippen LogP contribution < -0.4 is 5.73 Å². The second kappa shape index (κ2) is 4.45. The van der Waals surface area contributed by atoms with Gasteiger partial charge in [0.15, 0.2) is 0 Å². The number of allylic oxidation sites excluding steroid dienone is 1. The van der Waals surface area contributed by atoms with Crippen molar-refractivity contribution in [2.45, 2.75) is 19.9 Å². The third kappa shape index (κ3) is 2.87. The molecule has 1 aromatic carbocycles. The first-order chi connectivity index (χ1) is 6.11. The molecule has 0 bridgehead atoms. The summed E-state index contributed by atoms with van der Waals surface area (Å²) in [7, 11) is 0. The zero-order valence-electron chi connectivity index (χ0n) is 7.92. The molecule has 2 N–H and O–H groups in total. The van der Waals surface area contributed by atoms with Gasteiger partial charge in [0.1, 0.15) is 0 Å². The molecule has 0 aromatic heterocycles. The van der Waals surface area contributed by atoms with Crippen LogP contribution in [0.5, 0.6) is 0 Å². The summed E-state index contributed by atoms with van der Waals surface area (Å²) < 4.78 is 0. The molecular weight excluding hydrogens is 182 g/mol. The van der Waals surface area contributed by atoms with Gasteiger partial charge in [-0.15, -0.1) is 0 Å². The van der Waals surface area contributed by atoms with Crippen LogP contribution in [-0.4, -0.2) is 0 Å². The summed E-state index contributed by atoms with van der Waals surface area (Å²) in [5.74, 6) is 0. The maximum Gasteiger partial charge on any atom is 0.0498 e. The summed E-state index contributed by atoms with van der Waals surface area (Å²) in [6.07, 6.45) is 2.00. The highest BCUT2D eigenvalue weighted by Crippen LogP contribution is 2.22. The molecule has 0 radical (unpaired) electrons. The van der Waals surface area contributed by atoms with Gasteiger partial charge in [0.05, 0.1) is 0 Å². The summed E-state index contributed by atoms with van der Waals surface area (Å²) in [5.41, 5.74) is 8.11. The smallest absolute Gasteiger partial charge is 0.0498 e. The molecule has 0 aliphatic carbocycles. The minimum atomic E-state index is -0.0984. The minimum Gasteiger partial charge on any atom is -0.321 e. The van der Waals surface area contributed by atoms with E-state index in [1.165, 1.54) is 5.57 Å². The number of rotatable bonds is 2. The van der Waals surface area contributed by atoms with E-state index in [2.05, 4.69) is 0 Å². The Hall–Kier alpha value is -0.790. The second-order valence-electron chi connectivity index (χ2n) is 3.29. The Labute approximate surface area is 84.2 Å². The van der Waals surface area contributed by atoms with Gasteiger partial charge in [-0.1, -0.05) is 41.4 Å². The molecule has 0 heterocycles. The van der Waals surface area contributed by atoms with Crippen LogP contribution in [0.2, 0.25) is 5.02 Å². The highest BCUT2D eigenvalue weighted by atomic mass is 35.5. The molecule has 0 aliphatic rings. The number of halogens is 1. The predicted octanol–water partition coefficient (Wildman–Crippen LogP) is 3.31. The predicted molar refractivity (Wildman–Crippen MR) is 57.8 cm³/mol. The fourth-order valence-corrected chi connectivity index (χ4v) is 1.46. The van der Waals surface area contributed by atoms with E-state index in [-0.39, 0.29) is 6.04 Å². The van der Waals surface area contributed by atoms with Crippen LogP contribution in [0.25, 0.3) is 0 Å². The van der Waals surface area contributed by atoms with Gasteiger partial charge in [-0.25, -0.2) is 0 Å². The third-order valence-electron chi connectivity index (χ3n) is 1.78. The lowest BCUT2D eigenvalue weighted by atomic mass is 10.1. The van der Waals surface area contributed by atoms with E-state index in [9.17, 15) is 0 Å². The van der Waals surface area contributed by atoms with Crippen molar-refractivity contribution >= 4 is 11.6 Å². The quantitative estimate of drug-likeness (QED) is 0.720. The topological polar surface area (TPSA) is 26.0 Å². The van der Waals surface area contributed by atoms with Crippen molar-refractivity contribution in [1.82, 2.24) is 0 Å². The monoisotopic (exact) mass is 195 g/mol. The molecule has 0 amide bonds. The zero-order valence-corrected chi connectivity index (χ0v) is 8.68. The number of nitrogens with two attached hydrogens (primary N) is 1. The highest BCUT2D eigenvalue weighted by molar-refractivity contribution is 6.31. The van der Waals surface area contributed by atoms with Crippen molar-refractivity contribution in [2.75, 3.05) is 0 Å². The molecule has 0 fully saturated rings.